The Labute approximate surface area is 197 Å². The van der Waals surface area contributed by atoms with Crippen molar-refractivity contribution in [1.29, 1.82) is 0 Å². The van der Waals surface area contributed by atoms with Gasteiger partial charge in [-0.3, -0.25) is 4.98 Å². The topological polar surface area (TPSA) is 94.5 Å². The highest BCUT2D eigenvalue weighted by Gasteiger charge is 2.25. The van der Waals surface area contributed by atoms with Gasteiger partial charge < -0.3 is 24.4 Å². The van der Waals surface area contributed by atoms with Gasteiger partial charge in [0.15, 0.2) is 11.6 Å². The van der Waals surface area contributed by atoms with Crippen LogP contribution in [0, 0.1) is 5.82 Å². The van der Waals surface area contributed by atoms with Crippen molar-refractivity contribution in [3.8, 4) is 11.8 Å². The molecule has 2 aliphatic rings. The molecule has 1 saturated heterocycles. The summed E-state index contributed by atoms with van der Waals surface area (Å²) < 4.78 is 31.4. The lowest BCUT2D eigenvalue weighted by molar-refractivity contribution is 0.122. The van der Waals surface area contributed by atoms with E-state index in [1.807, 2.05) is 6.92 Å². The van der Waals surface area contributed by atoms with Crippen LogP contribution in [0.5, 0.6) is 11.8 Å². The summed E-state index contributed by atoms with van der Waals surface area (Å²) >= 11 is 0. The maximum absolute atomic E-state index is 14.2. The van der Waals surface area contributed by atoms with Crippen LogP contribution in [0.15, 0.2) is 30.7 Å². The monoisotopic (exact) mass is 468 g/mol. The number of nitrogens with one attached hydrogen (secondary N) is 1. The quantitative estimate of drug-likeness (QED) is 0.558. The number of nitrogens with zero attached hydrogens (tertiary/aromatic N) is 5. The summed E-state index contributed by atoms with van der Waals surface area (Å²) in [6.07, 6.45) is 7.95. The molecule has 1 aromatic carbocycles. The molecular weight excluding hydrogens is 439 g/mol. The number of benzene rings is 1. The van der Waals surface area contributed by atoms with E-state index in [9.17, 15) is 4.39 Å². The van der Waals surface area contributed by atoms with Crippen molar-refractivity contribution in [3.05, 3.63) is 36.5 Å². The van der Waals surface area contributed by atoms with E-state index in [0.717, 1.165) is 67.4 Å². The second-order valence-electron chi connectivity index (χ2n) is 8.49. The van der Waals surface area contributed by atoms with E-state index < -0.39 is 5.82 Å². The van der Waals surface area contributed by atoms with Crippen molar-refractivity contribution in [2.75, 3.05) is 43.1 Å². The Morgan fingerprint density at radius 3 is 2.68 bits per heavy atom. The molecule has 1 aliphatic carbocycles. The number of rotatable bonds is 7. The average Bonchev–Trinajstić information content (AvgIpc) is 2.88. The van der Waals surface area contributed by atoms with Crippen LogP contribution in [-0.4, -0.2) is 65.0 Å². The minimum absolute atomic E-state index is 0.0532. The zero-order chi connectivity index (χ0) is 23.3. The molecule has 0 amide bonds. The Hall–Kier alpha value is -3.27. The van der Waals surface area contributed by atoms with E-state index in [2.05, 4.69) is 42.3 Å². The summed E-state index contributed by atoms with van der Waals surface area (Å²) in [7, 11) is 0. The molecule has 0 bridgehead atoms. The van der Waals surface area contributed by atoms with Crippen molar-refractivity contribution < 1.29 is 18.6 Å². The second-order valence-corrected chi connectivity index (χ2v) is 8.49. The van der Waals surface area contributed by atoms with Crippen molar-refractivity contribution >= 4 is 22.5 Å². The van der Waals surface area contributed by atoms with Crippen molar-refractivity contribution in [2.45, 2.75) is 44.8 Å². The molecular formula is C24H29FN6O3. The van der Waals surface area contributed by atoms with Crippen molar-refractivity contribution in [3.63, 3.8) is 0 Å². The molecule has 9 nitrogen and oxygen atoms in total. The fraction of sp³-hybridized carbons (Fsp3) is 0.500. The summed E-state index contributed by atoms with van der Waals surface area (Å²) in [5.74, 6) is 0.459. The minimum Gasteiger partial charge on any atom is -0.488 e. The first-order valence-electron chi connectivity index (χ1n) is 11.9. The summed E-state index contributed by atoms with van der Waals surface area (Å²) in [5, 5.41) is 3.21. The third-order valence-corrected chi connectivity index (χ3v) is 6.20. The Bertz CT molecular complexity index is 1120. The molecule has 3 aromatic rings. The lowest BCUT2D eigenvalue weighted by Crippen LogP contribution is -2.36. The highest BCUT2D eigenvalue weighted by molar-refractivity contribution is 5.85. The van der Waals surface area contributed by atoms with Crippen LogP contribution in [-0.2, 0) is 4.74 Å². The Balaban J connectivity index is 1.26. The average molecular weight is 469 g/mol. The molecule has 5 rings (SSSR count). The van der Waals surface area contributed by atoms with Crippen molar-refractivity contribution in [1.82, 2.24) is 19.9 Å². The molecule has 1 aliphatic heterocycles. The number of morpholine rings is 1. The highest BCUT2D eigenvalue weighted by Crippen LogP contribution is 2.33. The van der Waals surface area contributed by atoms with Gasteiger partial charge in [-0.1, -0.05) is 0 Å². The third kappa shape index (κ3) is 5.11. The first kappa shape index (κ1) is 22.5. The predicted octanol–water partition coefficient (Wildman–Crippen LogP) is 3.60. The number of hydrogen-bond acceptors (Lipinski definition) is 9. The van der Waals surface area contributed by atoms with E-state index in [-0.39, 0.29) is 24.0 Å². The number of ether oxygens (including phenoxy) is 3. The molecule has 3 heterocycles. The summed E-state index contributed by atoms with van der Waals surface area (Å²) in [5.41, 5.74) is 2.67. The first-order valence-corrected chi connectivity index (χ1v) is 11.9. The zero-order valence-corrected chi connectivity index (χ0v) is 19.2. The van der Waals surface area contributed by atoms with Crippen LogP contribution in [0.1, 0.15) is 32.6 Å². The van der Waals surface area contributed by atoms with E-state index in [1.165, 1.54) is 0 Å². The van der Waals surface area contributed by atoms with Gasteiger partial charge in [0, 0.05) is 43.3 Å². The molecule has 0 atom stereocenters. The van der Waals surface area contributed by atoms with Gasteiger partial charge in [0.25, 0.3) is 0 Å². The molecule has 2 aromatic heterocycles. The van der Waals surface area contributed by atoms with Gasteiger partial charge >= 0.3 is 6.01 Å². The summed E-state index contributed by atoms with van der Waals surface area (Å²) in [6.45, 7) is 5.38. The van der Waals surface area contributed by atoms with Crippen LogP contribution < -0.4 is 19.7 Å². The van der Waals surface area contributed by atoms with Crippen LogP contribution in [0.2, 0.25) is 0 Å². The maximum Gasteiger partial charge on any atom is 0.318 e. The molecule has 2 fully saturated rings. The maximum atomic E-state index is 14.2. The number of halogens is 1. The standard InChI is InChI=1S/C24H29FN6O3/c1-2-33-24-28-15-19(25)23(30-24)29-16-3-5-18(6-4-16)34-21-14-17(31-9-11-32-12-10-31)13-20-22(21)27-8-7-26-20/h7-8,13-16,18H,2-6,9-12H2,1H3,(H,28,29,30). The van der Waals surface area contributed by atoms with E-state index in [4.69, 9.17) is 14.2 Å². The van der Waals surface area contributed by atoms with E-state index in [1.54, 1.807) is 12.4 Å². The number of anilines is 2. The van der Waals surface area contributed by atoms with E-state index >= 15 is 0 Å². The summed E-state index contributed by atoms with van der Waals surface area (Å²) in [6, 6.07) is 4.42. The number of aromatic nitrogens is 4. The lowest BCUT2D eigenvalue weighted by atomic mass is 9.93. The fourth-order valence-corrected chi connectivity index (χ4v) is 4.47. The second kappa shape index (κ2) is 10.3. The van der Waals surface area contributed by atoms with Crippen LogP contribution in [0.3, 0.4) is 0 Å². The number of hydrogen-bond donors (Lipinski definition) is 1. The predicted molar refractivity (Wildman–Crippen MR) is 126 cm³/mol. The first-order chi connectivity index (χ1) is 16.7. The highest BCUT2D eigenvalue weighted by atomic mass is 19.1. The Morgan fingerprint density at radius 1 is 1.09 bits per heavy atom. The van der Waals surface area contributed by atoms with Crippen molar-refractivity contribution in [2.24, 2.45) is 0 Å². The largest absolute Gasteiger partial charge is 0.488 e. The fourth-order valence-electron chi connectivity index (χ4n) is 4.47. The minimum atomic E-state index is -0.480. The van der Waals surface area contributed by atoms with Gasteiger partial charge in [-0.05, 0) is 38.7 Å². The molecule has 1 saturated carbocycles. The van der Waals surface area contributed by atoms with Crippen LogP contribution in [0.4, 0.5) is 15.9 Å². The van der Waals surface area contributed by atoms with Gasteiger partial charge in [0.1, 0.15) is 11.3 Å². The van der Waals surface area contributed by atoms with Gasteiger partial charge in [0.05, 0.1) is 37.6 Å². The normalized spacial score (nSPS) is 20.8. The van der Waals surface area contributed by atoms with Gasteiger partial charge in [0.2, 0.25) is 0 Å². The lowest BCUT2D eigenvalue weighted by Gasteiger charge is -2.31. The molecule has 180 valence electrons. The van der Waals surface area contributed by atoms with Crippen LogP contribution >= 0.6 is 0 Å². The van der Waals surface area contributed by atoms with Gasteiger partial charge in [-0.15, -0.1) is 0 Å². The Kier molecular flexibility index (Phi) is 6.84. The molecule has 10 heteroatoms. The van der Waals surface area contributed by atoms with E-state index in [0.29, 0.717) is 19.8 Å². The molecule has 0 unspecified atom stereocenters. The molecule has 34 heavy (non-hydrogen) atoms. The summed E-state index contributed by atoms with van der Waals surface area (Å²) in [4.78, 5) is 19.3. The third-order valence-electron chi connectivity index (χ3n) is 6.20. The molecule has 0 radical (unpaired) electrons. The number of fused-ring (bicyclic) bond motifs is 1. The Morgan fingerprint density at radius 2 is 1.88 bits per heavy atom. The van der Waals surface area contributed by atoms with Gasteiger partial charge in [-0.25, -0.2) is 14.4 Å². The SMILES string of the molecule is CCOc1ncc(F)c(NC2CCC(Oc3cc(N4CCOCC4)cc4nccnc34)CC2)n1. The van der Waals surface area contributed by atoms with Gasteiger partial charge in [-0.2, -0.15) is 4.98 Å². The molecule has 1 N–H and O–H groups in total. The smallest absolute Gasteiger partial charge is 0.318 e. The molecule has 0 spiro atoms. The van der Waals surface area contributed by atoms with Crippen LogP contribution in [0.25, 0.3) is 11.0 Å². The zero-order valence-electron chi connectivity index (χ0n) is 19.2.